The normalized spacial score (nSPS) is 12.5. The number of aromatic nitrogens is 1. The molecule has 3 nitrogen and oxygen atoms in total. The first-order valence-corrected chi connectivity index (χ1v) is 6.42. The van der Waals surface area contributed by atoms with Gasteiger partial charge in [-0.05, 0) is 23.8 Å². The predicted molar refractivity (Wildman–Crippen MR) is 67.7 cm³/mol. The summed E-state index contributed by atoms with van der Waals surface area (Å²) in [7, 11) is 0. The molecule has 0 aliphatic carbocycles. The Kier molecular flexibility index (Phi) is 5.50. The Hall–Kier alpha value is -0.740. The minimum absolute atomic E-state index is 0.733. The third-order valence-electron chi connectivity index (χ3n) is 2.30. The van der Waals surface area contributed by atoms with E-state index < -0.39 is 0 Å². The number of nitrogen functional groups attached to an aromatic ring is 1. The maximum atomic E-state index is 5.30. The molecule has 0 aliphatic heterocycles. The second-order valence-corrected chi connectivity index (χ2v) is 4.72. The van der Waals surface area contributed by atoms with Crippen molar-refractivity contribution in [3.8, 4) is 0 Å². The van der Waals surface area contributed by atoms with Crippen molar-refractivity contribution in [2.45, 2.75) is 26.0 Å². The van der Waals surface area contributed by atoms with Crippen molar-refractivity contribution in [2.24, 2.45) is 11.8 Å². The fourth-order valence-electron chi connectivity index (χ4n) is 1.12. The SMILES string of the molecule is CCC(C)CSCc1cccc(NN)n1. The fourth-order valence-corrected chi connectivity index (χ4v) is 2.25. The zero-order valence-electron chi connectivity index (χ0n) is 9.36. The van der Waals surface area contributed by atoms with E-state index in [0.29, 0.717) is 0 Å². The average Bonchev–Trinajstić information content (AvgIpc) is 2.29. The number of pyridine rings is 1. The molecule has 1 rings (SSSR count). The first kappa shape index (κ1) is 12.3. The zero-order valence-corrected chi connectivity index (χ0v) is 10.2. The molecular formula is C11H19N3S. The van der Waals surface area contributed by atoms with Gasteiger partial charge in [0.15, 0.2) is 0 Å². The van der Waals surface area contributed by atoms with Gasteiger partial charge in [0.1, 0.15) is 5.82 Å². The van der Waals surface area contributed by atoms with Gasteiger partial charge in [-0.1, -0.05) is 26.3 Å². The highest BCUT2D eigenvalue weighted by Gasteiger charge is 2.01. The molecule has 0 bridgehead atoms. The Labute approximate surface area is 95.8 Å². The Balaban J connectivity index is 2.37. The third kappa shape index (κ3) is 4.53. The molecule has 1 unspecified atom stereocenters. The smallest absolute Gasteiger partial charge is 0.140 e. The minimum Gasteiger partial charge on any atom is -0.308 e. The van der Waals surface area contributed by atoms with Crippen molar-refractivity contribution >= 4 is 17.6 Å². The molecule has 0 fully saturated rings. The number of rotatable bonds is 6. The summed E-state index contributed by atoms with van der Waals surface area (Å²) < 4.78 is 0. The highest BCUT2D eigenvalue weighted by molar-refractivity contribution is 7.98. The van der Waals surface area contributed by atoms with Gasteiger partial charge in [-0.3, -0.25) is 0 Å². The number of hydrogen-bond acceptors (Lipinski definition) is 4. The van der Waals surface area contributed by atoms with E-state index in [-0.39, 0.29) is 0 Å². The van der Waals surface area contributed by atoms with Crippen LogP contribution in [-0.2, 0) is 5.75 Å². The lowest BCUT2D eigenvalue weighted by Crippen LogP contribution is -2.09. The molecule has 4 heteroatoms. The fraction of sp³-hybridized carbons (Fsp3) is 0.545. The van der Waals surface area contributed by atoms with E-state index in [1.165, 1.54) is 12.2 Å². The van der Waals surface area contributed by atoms with E-state index >= 15 is 0 Å². The van der Waals surface area contributed by atoms with Crippen LogP contribution in [0, 0.1) is 5.92 Å². The molecule has 0 aromatic carbocycles. The molecule has 1 heterocycles. The van der Waals surface area contributed by atoms with Crippen molar-refractivity contribution in [3.05, 3.63) is 23.9 Å². The molecule has 0 spiro atoms. The van der Waals surface area contributed by atoms with Gasteiger partial charge >= 0.3 is 0 Å². The summed E-state index contributed by atoms with van der Waals surface area (Å²) in [4.78, 5) is 4.36. The lowest BCUT2D eigenvalue weighted by atomic mass is 10.2. The highest BCUT2D eigenvalue weighted by atomic mass is 32.2. The lowest BCUT2D eigenvalue weighted by molar-refractivity contribution is 0.637. The number of hydrazine groups is 1. The predicted octanol–water partition coefficient (Wildman–Crippen LogP) is 2.65. The number of nitrogens with one attached hydrogen (secondary N) is 1. The summed E-state index contributed by atoms with van der Waals surface area (Å²) in [5, 5.41) is 0. The Morgan fingerprint density at radius 1 is 1.53 bits per heavy atom. The molecule has 1 atom stereocenters. The van der Waals surface area contributed by atoms with Crippen molar-refractivity contribution in [2.75, 3.05) is 11.2 Å². The topological polar surface area (TPSA) is 50.9 Å². The number of anilines is 1. The van der Waals surface area contributed by atoms with Crippen LogP contribution >= 0.6 is 11.8 Å². The third-order valence-corrected chi connectivity index (χ3v) is 3.61. The summed E-state index contributed by atoms with van der Waals surface area (Å²) in [5.41, 5.74) is 3.64. The van der Waals surface area contributed by atoms with Crippen LogP contribution in [0.15, 0.2) is 18.2 Å². The van der Waals surface area contributed by atoms with Crippen molar-refractivity contribution in [1.82, 2.24) is 4.98 Å². The second kappa shape index (κ2) is 6.69. The van der Waals surface area contributed by atoms with E-state index in [1.807, 2.05) is 30.0 Å². The lowest BCUT2D eigenvalue weighted by Gasteiger charge is -2.07. The van der Waals surface area contributed by atoms with Crippen LogP contribution in [0.1, 0.15) is 26.0 Å². The van der Waals surface area contributed by atoms with Crippen LogP contribution in [0.3, 0.4) is 0 Å². The molecule has 0 radical (unpaired) electrons. The molecule has 84 valence electrons. The van der Waals surface area contributed by atoms with E-state index in [2.05, 4.69) is 24.3 Å². The van der Waals surface area contributed by atoms with Crippen LogP contribution in [0.2, 0.25) is 0 Å². The van der Waals surface area contributed by atoms with Crippen molar-refractivity contribution in [1.29, 1.82) is 0 Å². The summed E-state index contributed by atoms with van der Waals surface area (Å²) in [6.07, 6.45) is 1.24. The summed E-state index contributed by atoms with van der Waals surface area (Å²) in [6, 6.07) is 5.87. The van der Waals surface area contributed by atoms with E-state index in [4.69, 9.17) is 5.84 Å². The second-order valence-electron chi connectivity index (χ2n) is 3.69. The van der Waals surface area contributed by atoms with Crippen LogP contribution in [0.25, 0.3) is 0 Å². The van der Waals surface area contributed by atoms with Gasteiger partial charge in [-0.25, -0.2) is 10.8 Å². The van der Waals surface area contributed by atoms with E-state index in [1.54, 1.807) is 0 Å². The summed E-state index contributed by atoms with van der Waals surface area (Å²) >= 11 is 1.93. The number of hydrogen-bond donors (Lipinski definition) is 2. The molecule has 1 aromatic heterocycles. The molecule has 1 aromatic rings. The van der Waals surface area contributed by atoms with Crippen molar-refractivity contribution < 1.29 is 0 Å². The molecular weight excluding hydrogens is 206 g/mol. The van der Waals surface area contributed by atoms with Gasteiger partial charge in [-0.15, -0.1) is 0 Å². The Morgan fingerprint density at radius 3 is 3.00 bits per heavy atom. The van der Waals surface area contributed by atoms with Gasteiger partial charge in [0, 0.05) is 5.75 Å². The molecule has 0 saturated carbocycles. The van der Waals surface area contributed by atoms with Gasteiger partial charge in [-0.2, -0.15) is 11.8 Å². The van der Waals surface area contributed by atoms with Gasteiger partial charge in [0.05, 0.1) is 5.69 Å². The van der Waals surface area contributed by atoms with Gasteiger partial charge in [0.2, 0.25) is 0 Å². The van der Waals surface area contributed by atoms with Crippen LogP contribution < -0.4 is 11.3 Å². The van der Waals surface area contributed by atoms with Crippen LogP contribution in [0.5, 0.6) is 0 Å². The number of thioether (sulfide) groups is 1. The molecule has 0 amide bonds. The number of nitrogens with zero attached hydrogens (tertiary/aromatic N) is 1. The van der Waals surface area contributed by atoms with Crippen LogP contribution in [-0.4, -0.2) is 10.7 Å². The first-order chi connectivity index (χ1) is 7.26. The largest absolute Gasteiger partial charge is 0.308 e. The Bertz CT molecular complexity index is 291. The molecule has 15 heavy (non-hydrogen) atoms. The minimum atomic E-state index is 0.733. The standard InChI is InChI=1S/C11H19N3S/c1-3-9(2)7-15-8-10-5-4-6-11(13-10)14-12/h4-6,9H,3,7-8,12H2,1-2H3,(H,13,14). The monoisotopic (exact) mass is 225 g/mol. The van der Waals surface area contributed by atoms with Crippen LogP contribution in [0.4, 0.5) is 5.82 Å². The van der Waals surface area contributed by atoms with E-state index in [9.17, 15) is 0 Å². The Morgan fingerprint density at radius 2 is 2.33 bits per heavy atom. The first-order valence-electron chi connectivity index (χ1n) is 5.26. The van der Waals surface area contributed by atoms with E-state index in [0.717, 1.165) is 23.2 Å². The number of nitrogens with two attached hydrogens (primary N) is 1. The maximum absolute atomic E-state index is 5.30. The molecule has 0 saturated heterocycles. The van der Waals surface area contributed by atoms with Crippen molar-refractivity contribution in [3.63, 3.8) is 0 Å². The summed E-state index contributed by atoms with van der Waals surface area (Å²) in [6.45, 7) is 4.50. The summed E-state index contributed by atoms with van der Waals surface area (Å²) in [5.74, 6) is 8.97. The van der Waals surface area contributed by atoms with Gasteiger partial charge in [0.25, 0.3) is 0 Å². The quantitative estimate of drug-likeness (QED) is 0.577. The maximum Gasteiger partial charge on any atom is 0.140 e. The highest BCUT2D eigenvalue weighted by Crippen LogP contribution is 2.16. The van der Waals surface area contributed by atoms with Gasteiger partial charge < -0.3 is 5.43 Å². The molecule has 3 N–H and O–H groups in total. The average molecular weight is 225 g/mol. The zero-order chi connectivity index (χ0) is 11.1. The molecule has 0 aliphatic rings.